The van der Waals surface area contributed by atoms with Crippen LogP contribution in [0.3, 0.4) is 0 Å². The van der Waals surface area contributed by atoms with Crippen molar-refractivity contribution >= 4 is 17.1 Å². The molecule has 0 saturated heterocycles. The molecule has 28 heavy (non-hydrogen) atoms. The number of hydrogen-bond donors (Lipinski definition) is 1. The SMILES string of the molecule is C=C/C(=C(\N=C/C)Oc1cc(CN)nc2ccc(C)cc12)[N+](=O)[O-].CC.CC. The van der Waals surface area contributed by atoms with Gasteiger partial charge in [0, 0.05) is 30.3 Å². The maximum absolute atomic E-state index is 11.2. The molecule has 1 heterocycles. The number of pyridine rings is 1. The maximum Gasteiger partial charge on any atom is 0.330 e. The van der Waals surface area contributed by atoms with Gasteiger partial charge in [0.2, 0.25) is 0 Å². The molecule has 0 aliphatic heterocycles. The predicted molar refractivity (Wildman–Crippen MR) is 116 cm³/mol. The normalized spacial score (nSPS) is 11.0. The highest BCUT2D eigenvalue weighted by Gasteiger charge is 2.18. The molecule has 1 aromatic heterocycles. The number of ether oxygens (including phenoxy) is 1. The Hall–Kier alpha value is -3.06. The molecule has 2 rings (SSSR count). The van der Waals surface area contributed by atoms with Crippen molar-refractivity contribution in [1.29, 1.82) is 0 Å². The Bertz CT molecular complexity index is 858. The third kappa shape index (κ3) is 6.59. The van der Waals surface area contributed by atoms with E-state index in [-0.39, 0.29) is 18.1 Å². The number of fused-ring (bicyclic) bond motifs is 1. The first-order valence-electron chi connectivity index (χ1n) is 9.28. The lowest BCUT2D eigenvalue weighted by molar-refractivity contribution is -0.421. The standard InChI is InChI=1S/C17H18N4O3.2C2H6/c1-4-15(21(22)23)17(19-5-2)24-16-9-12(10-18)20-14-7-6-11(3)8-13(14)16;2*1-2/h4-9H,1,10,18H2,2-3H3;2*1-2H3/b17-15-,19-5-;;. The molecule has 7 nitrogen and oxygen atoms in total. The molecule has 2 aromatic rings. The van der Waals surface area contributed by atoms with E-state index in [0.717, 1.165) is 17.0 Å². The van der Waals surface area contributed by atoms with Crippen LogP contribution in [0.1, 0.15) is 45.9 Å². The van der Waals surface area contributed by atoms with Crippen LogP contribution in [-0.2, 0) is 6.54 Å². The van der Waals surface area contributed by atoms with E-state index in [0.29, 0.717) is 17.0 Å². The van der Waals surface area contributed by atoms with E-state index in [1.165, 1.54) is 6.21 Å². The van der Waals surface area contributed by atoms with Crippen molar-refractivity contribution in [3.05, 3.63) is 69.9 Å². The minimum atomic E-state index is -0.589. The summed E-state index contributed by atoms with van der Waals surface area (Å²) in [7, 11) is 0. The average Bonchev–Trinajstić information content (AvgIpc) is 2.71. The van der Waals surface area contributed by atoms with Gasteiger partial charge in [-0.3, -0.25) is 15.1 Å². The zero-order chi connectivity index (χ0) is 21.7. The van der Waals surface area contributed by atoms with Crippen LogP contribution in [-0.4, -0.2) is 16.1 Å². The fourth-order valence-electron chi connectivity index (χ4n) is 2.16. The van der Waals surface area contributed by atoms with E-state index in [4.69, 9.17) is 10.5 Å². The molecular formula is C21H30N4O3. The summed E-state index contributed by atoms with van der Waals surface area (Å²) >= 11 is 0. The molecule has 7 heteroatoms. The second-order valence-electron chi connectivity index (χ2n) is 4.98. The van der Waals surface area contributed by atoms with E-state index in [1.807, 2.05) is 52.8 Å². The molecule has 152 valence electrons. The molecule has 0 aliphatic rings. The van der Waals surface area contributed by atoms with Gasteiger partial charge < -0.3 is 10.5 Å². The highest BCUT2D eigenvalue weighted by atomic mass is 16.6. The Morgan fingerprint density at radius 2 is 1.96 bits per heavy atom. The highest BCUT2D eigenvalue weighted by molar-refractivity contribution is 5.86. The van der Waals surface area contributed by atoms with Crippen LogP contribution in [0.25, 0.3) is 10.9 Å². The first-order chi connectivity index (χ1) is 13.5. The molecule has 0 spiro atoms. The number of nitrogens with two attached hydrogens (primary N) is 1. The summed E-state index contributed by atoms with van der Waals surface area (Å²) in [6.45, 7) is 15.3. The molecule has 0 unspecified atom stereocenters. The monoisotopic (exact) mass is 386 g/mol. The first-order valence-corrected chi connectivity index (χ1v) is 9.28. The van der Waals surface area contributed by atoms with Gasteiger partial charge in [0.15, 0.2) is 0 Å². The number of nitrogens with zero attached hydrogens (tertiary/aromatic N) is 3. The number of nitro groups is 1. The molecule has 0 fully saturated rings. The summed E-state index contributed by atoms with van der Waals surface area (Å²) in [5.74, 6) is 0.264. The summed E-state index contributed by atoms with van der Waals surface area (Å²) in [6.07, 6.45) is 2.52. The minimum absolute atomic E-state index is 0.144. The van der Waals surface area contributed by atoms with Crippen LogP contribution in [0.2, 0.25) is 0 Å². The third-order valence-electron chi connectivity index (χ3n) is 3.25. The van der Waals surface area contributed by atoms with Gasteiger partial charge in [-0.15, -0.1) is 0 Å². The van der Waals surface area contributed by atoms with Crippen LogP contribution < -0.4 is 10.5 Å². The predicted octanol–water partition coefficient (Wildman–Crippen LogP) is 5.16. The lowest BCUT2D eigenvalue weighted by atomic mass is 10.1. The van der Waals surface area contributed by atoms with Crippen molar-refractivity contribution < 1.29 is 9.66 Å². The van der Waals surface area contributed by atoms with Crippen molar-refractivity contribution in [1.82, 2.24) is 4.98 Å². The molecule has 0 amide bonds. The Balaban J connectivity index is 0.00000171. The van der Waals surface area contributed by atoms with Gasteiger partial charge in [0.25, 0.3) is 5.88 Å². The molecule has 1 aromatic carbocycles. The van der Waals surface area contributed by atoms with Crippen molar-refractivity contribution in [2.24, 2.45) is 10.7 Å². The van der Waals surface area contributed by atoms with Gasteiger partial charge >= 0.3 is 5.70 Å². The first kappa shape index (κ1) is 24.9. The minimum Gasteiger partial charge on any atom is -0.433 e. The summed E-state index contributed by atoms with van der Waals surface area (Å²) in [6, 6.07) is 7.33. The number of rotatable bonds is 6. The zero-order valence-electron chi connectivity index (χ0n) is 17.5. The fourth-order valence-corrected chi connectivity index (χ4v) is 2.16. The Labute approximate surface area is 166 Å². The number of aliphatic imine (C=N–C) groups is 1. The second-order valence-corrected chi connectivity index (χ2v) is 4.98. The van der Waals surface area contributed by atoms with Gasteiger partial charge in [-0.2, -0.15) is 0 Å². The largest absolute Gasteiger partial charge is 0.433 e. The van der Waals surface area contributed by atoms with Crippen LogP contribution in [0.5, 0.6) is 5.75 Å². The zero-order valence-corrected chi connectivity index (χ0v) is 17.5. The second kappa shape index (κ2) is 13.2. The van der Waals surface area contributed by atoms with Crippen molar-refractivity contribution in [3.8, 4) is 5.75 Å². The quantitative estimate of drug-likeness (QED) is 0.243. The molecule has 0 saturated carbocycles. The van der Waals surface area contributed by atoms with E-state index < -0.39 is 4.92 Å². The molecule has 0 bridgehead atoms. The van der Waals surface area contributed by atoms with Gasteiger partial charge in [0.1, 0.15) is 5.75 Å². The molecule has 0 aliphatic carbocycles. The number of aromatic nitrogens is 1. The van der Waals surface area contributed by atoms with Crippen LogP contribution in [0.4, 0.5) is 0 Å². The Morgan fingerprint density at radius 1 is 1.32 bits per heavy atom. The van der Waals surface area contributed by atoms with Crippen LogP contribution >= 0.6 is 0 Å². The lowest BCUT2D eigenvalue weighted by Crippen LogP contribution is -2.07. The number of aryl methyl sites for hydroxylation is 1. The van der Waals surface area contributed by atoms with E-state index in [1.54, 1.807) is 13.0 Å². The lowest BCUT2D eigenvalue weighted by Gasteiger charge is -2.11. The van der Waals surface area contributed by atoms with Crippen molar-refractivity contribution in [2.45, 2.75) is 48.1 Å². The topological polar surface area (TPSA) is 104 Å². The highest BCUT2D eigenvalue weighted by Crippen LogP contribution is 2.29. The van der Waals surface area contributed by atoms with E-state index >= 15 is 0 Å². The molecular weight excluding hydrogens is 356 g/mol. The molecule has 0 radical (unpaired) electrons. The maximum atomic E-state index is 11.2. The number of benzene rings is 1. The third-order valence-corrected chi connectivity index (χ3v) is 3.25. The van der Waals surface area contributed by atoms with Gasteiger partial charge in [-0.25, -0.2) is 4.99 Å². The van der Waals surface area contributed by atoms with E-state index in [9.17, 15) is 10.1 Å². The van der Waals surface area contributed by atoms with E-state index in [2.05, 4.69) is 16.6 Å². The smallest absolute Gasteiger partial charge is 0.330 e. The van der Waals surface area contributed by atoms with Crippen LogP contribution in [0.15, 0.2) is 53.5 Å². The Morgan fingerprint density at radius 3 is 2.46 bits per heavy atom. The average molecular weight is 386 g/mol. The number of hydrogen-bond acceptors (Lipinski definition) is 6. The molecule has 2 N–H and O–H groups in total. The Kier molecular flexibility index (Phi) is 11.7. The summed E-state index contributed by atoms with van der Waals surface area (Å²) in [4.78, 5) is 19.0. The molecule has 0 atom stereocenters. The van der Waals surface area contributed by atoms with Gasteiger partial charge in [0.05, 0.1) is 16.1 Å². The van der Waals surface area contributed by atoms with Gasteiger partial charge in [-0.1, -0.05) is 45.9 Å². The fraction of sp³-hybridized carbons (Fsp3) is 0.333. The van der Waals surface area contributed by atoms with Crippen molar-refractivity contribution in [3.63, 3.8) is 0 Å². The number of allylic oxidation sites excluding steroid dienone is 1. The summed E-state index contributed by atoms with van der Waals surface area (Å²) < 4.78 is 5.75. The summed E-state index contributed by atoms with van der Waals surface area (Å²) in [5, 5.41) is 11.9. The van der Waals surface area contributed by atoms with Crippen molar-refractivity contribution in [2.75, 3.05) is 0 Å². The van der Waals surface area contributed by atoms with Gasteiger partial charge in [-0.05, 0) is 26.0 Å². The van der Waals surface area contributed by atoms with Crippen LogP contribution in [0, 0.1) is 17.0 Å². The summed E-state index contributed by atoms with van der Waals surface area (Å²) in [5.41, 5.74) is 7.68.